The molecule has 1 aliphatic rings. The van der Waals surface area contributed by atoms with E-state index in [9.17, 15) is 0 Å². The Morgan fingerprint density at radius 1 is 1.00 bits per heavy atom. The predicted molar refractivity (Wildman–Crippen MR) is 117 cm³/mol. The van der Waals surface area contributed by atoms with Gasteiger partial charge in [0.1, 0.15) is 17.8 Å². The van der Waals surface area contributed by atoms with Gasteiger partial charge >= 0.3 is 0 Å². The van der Waals surface area contributed by atoms with Crippen molar-refractivity contribution >= 4 is 40.5 Å². The number of rotatable bonds is 5. The molecule has 0 spiro atoms. The highest BCUT2D eigenvalue weighted by Crippen LogP contribution is 2.31. The molecule has 0 fully saturated rings. The molecule has 28 heavy (non-hydrogen) atoms. The van der Waals surface area contributed by atoms with E-state index in [0.29, 0.717) is 23.1 Å². The van der Waals surface area contributed by atoms with Crippen molar-refractivity contribution in [3.05, 3.63) is 88.0 Å². The van der Waals surface area contributed by atoms with Crippen molar-refractivity contribution in [3.63, 3.8) is 0 Å². The zero-order valence-corrected chi connectivity index (χ0v) is 16.5. The predicted octanol–water partition coefficient (Wildman–Crippen LogP) is 4.96. The average Bonchev–Trinajstić information content (AvgIpc) is 2.72. The Morgan fingerprint density at radius 3 is 2.68 bits per heavy atom. The van der Waals surface area contributed by atoms with Gasteiger partial charge in [-0.05, 0) is 36.4 Å². The van der Waals surface area contributed by atoms with Gasteiger partial charge in [0.15, 0.2) is 0 Å². The van der Waals surface area contributed by atoms with Gasteiger partial charge in [-0.25, -0.2) is 4.98 Å². The molecule has 1 unspecified atom stereocenters. The molecule has 0 saturated carbocycles. The van der Waals surface area contributed by atoms with Crippen LogP contribution in [0.3, 0.4) is 0 Å². The number of halogens is 2. The van der Waals surface area contributed by atoms with E-state index in [2.05, 4.69) is 20.9 Å². The molecule has 7 heteroatoms. The Morgan fingerprint density at radius 2 is 1.86 bits per heavy atom. The van der Waals surface area contributed by atoms with E-state index in [4.69, 9.17) is 28.2 Å². The van der Waals surface area contributed by atoms with Crippen molar-refractivity contribution in [3.8, 4) is 0 Å². The fraction of sp³-hybridized carbons (Fsp3) is 0.143. The van der Waals surface area contributed by atoms with Gasteiger partial charge in [0, 0.05) is 39.6 Å². The zero-order valence-electron chi connectivity index (χ0n) is 15.0. The number of para-hydroxylation sites is 1. The molecular formula is C21H19Cl2N5. The van der Waals surface area contributed by atoms with Crippen LogP contribution in [0.4, 0.5) is 11.5 Å². The van der Waals surface area contributed by atoms with Crippen LogP contribution in [0.1, 0.15) is 17.3 Å². The molecule has 0 saturated heterocycles. The van der Waals surface area contributed by atoms with Gasteiger partial charge in [-0.2, -0.15) is 0 Å². The summed E-state index contributed by atoms with van der Waals surface area (Å²) < 4.78 is 0. The summed E-state index contributed by atoms with van der Waals surface area (Å²) in [5.74, 6) is 1.67. The molecule has 1 aromatic heterocycles. The number of pyridine rings is 1. The van der Waals surface area contributed by atoms with E-state index < -0.39 is 0 Å². The summed E-state index contributed by atoms with van der Waals surface area (Å²) in [4.78, 5) is 9.03. The number of benzene rings is 2. The zero-order chi connectivity index (χ0) is 19.3. The molecule has 142 valence electrons. The van der Waals surface area contributed by atoms with E-state index in [-0.39, 0.29) is 6.17 Å². The lowest BCUT2D eigenvalue weighted by Gasteiger charge is -2.31. The maximum Gasteiger partial charge on any atom is 0.132 e. The summed E-state index contributed by atoms with van der Waals surface area (Å²) in [7, 11) is 0. The number of aliphatic imine (C=N–C) groups is 1. The number of amidine groups is 1. The molecule has 3 N–H and O–H groups in total. The first-order valence-electron chi connectivity index (χ1n) is 8.97. The summed E-state index contributed by atoms with van der Waals surface area (Å²) >= 11 is 12.5. The number of nitrogens with zero attached hydrogens (tertiary/aromatic N) is 2. The monoisotopic (exact) mass is 411 g/mol. The lowest BCUT2D eigenvalue weighted by molar-refractivity contribution is 0.717. The number of aromatic nitrogens is 1. The molecule has 0 bridgehead atoms. The van der Waals surface area contributed by atoms with E-state index in [0.717, 1.165) is 28.5 Å². The van der Waals surface area contributed by atoms with Crippen molar-refractivity contribution in [1.82, 2.24) is 10.3 Å². The van der Waals surface area contributed by atoms with Gasteiger partial charge in [0.05, 0.1) is 6.54 Å². The smallest absolute Gasteiger partial charge is 0.132 e. The minimum absolute atomic E-state index is 0.192. The minimum Gasteiger partial charge on any atom is -0.368 e. The standard InChI is InChI=1S/C21H19Cl2N5/c22-14-8-9-15(17(23)13-14)21-27-18-6-2-1-5-16(18)20(28-21)26-12-11-25-19-7-3-4-10-24-19/h1-10,13,21,27H,11-12H2,(H,24,25)(H,26,28). The Balaban J connectivity index is 1.53. The van der Waals surface area contributed by atoms with Gasteiger partial charge in [0.25, 0.3) is 0 Å². The first-order valence-corrected chi connectivity index (χ1v) is 9.73. The van der Waals surface area contributed by atoms with Gasteiger partial charge < -0.3 is 16.0 Å². The van der Waals surface area contributed by atoms with Crippen LogP contribution in [0.15, 0.2) is 71.9 Å². The fourth-order valence-corrected chi connectivity index (χ4v) is 3.58. The lowest BCUT2D eigenvalue weighted by atomic mass is 10.1. The molecule has 1 atom stereocenters. The van der Waals surface area contributed by atoms with Crippen molar-refractivity contribution in [2.24, 2.45) is 4.99 Å². The number of anilines is 2. The van der Waals surface area contributed by atoms with E-state index in [1.807, 2.05) is 54.6 Å². The van der Waals surface area contributed by atoms with Gasteiger partial charge in [-0.3, -0.25) is 4.99 Å². The molecule has 2 heterocycles. The molecule has 4 rings (SSSR count). The van der Waals surface area contributed by atoms with E-state index >= 15 is 0 Å². The third-order valence-electron chi connectivity index (χ3n) is 4.39. The SMILES string of the molecule is Clc1ccc(C2NC(=NCCNc3ccccn3)c3ccccc3N2)c(Cl)c1. The maximum absolute atomic E-state index is 6.41. The van der Waals surface area contributed by atoms with E-state index in [1.54, 1.807) is 12.3 Å². The first-order chi connectivity index (χ1) is 13.7. The highest BCUT2D eigenvalue weighted by atomic mass is 35.5. The molecule has 0 aliphatic carbocycles. The van der Waals surface area contributed by atoms with Gasteiger partial charge in [-0.1, -0.05) is 47.5 Å². The van der Waals surface area contributed by atoms with Gasteiger partial charge in [0.2, 0.25) is 0 Å². The van der Waals surface area contributed by atoms with Crippen LogP contribution in [0, 0.1) is 0 Å². The summed E-state index contributed by atoms with van der Waals surface area (Å²) in [6.45, 7) is 1.29. The number of fused-ring (bicyclic) bond motifs is 1. The normalized spacial score (nSPS) is 16.8. The number of hydrogen-bond acceptors (Lipinski definition) is 4. The van der Waals surface area contributed by atoms with E-state index in [1.165, 1.54) is 0 Å². The second-order valence-electron chi connectivity index (χ2n) is 6.31. The Labute approximate surface area is 173 Å². The van der Waals surface area contributed by atoms with Gasteiger partial charge in [-0.15, -0.1) is 0 Å². The topological polar surface area (TPSA) is 61.3 Å². The third-order valence-corrected chi connectivity index (χ3v) is 4.95. The van der Waals surface area contributed by atoms with Crippen LogP contribution in [-0.4, -0.2) is 23.9 Å². The molecule has 1 aliphatic heterocycles. The van der Waals surface area contributed by atoms with Crippen LogP contribution >= 0.6 is 23.2 Å². The van der Waals surface area contributed by atoms with Crippen molar-refractivity contribution < 1.29 is 0 Å². The quantitative estimate of drug-likeness (QED) is 0.519. The molecular weight excluding hydrogens is 393 g/mol. The Kier molecular flexibility index (Phi) is 5.65. The van der Waals surface area contributed by atoms with Crippen LogP contribution < -0.4 is 16.0 Å². The summed E-state index contributed by atoms with van der Waals surface area (Å²) in [5, 5.41) is 11.4. The lowest BCUT2D eigenvalue weighted by Crippen LogP contribution is -2.39. The largest absolute Gasteiger partial charge is 0.368 e. The van der Waals surface area contributed by atoms with Crippen molar-refractivity contribution in [2.45, 2.75) is 6.17 Å². The average molecular weight is 412 g/mol. The number of hydrogen-bond donors (Lipinski definition) is 3. The molecule has 0 amide bonds. The summed E-state index contributed by atoms with van der Waals surface area (Å²) in [6.07, 6.45) is 1.57. The first kappa shape index (κ1) is 18.6. The van der Waals surface area contributed by atoms with Crippen LogP contribution in [0.2, 0.25) is 10.0 Å². The Bertz CT molecular complexity index is 991. The van der Waals surface area contributed by atoms with Crippen LogP contribution in [0.5, 0.6) is 0 Å². The van der Waals surface area contributed by atoms with Crippen molar-refractivity contribution in [1.29, 1.82) is 0 Å². The molecule has 5 nitrogen and oxygen atoms in total. The molecule has 0 radical (unpaired) electrons. The third kappa shape index (κ3) is 4.21. The summed E-state index contributed by atoms with van der Waals surface area (Å²) in [5.41, 5.74) is 2.95. The van der Waals surface area contributed by atoms with Crippen LogP contribution in [-0.2, 0) is 0 Å². The second-order valence-corrected chi connectivity index (χ2v) is 7.15. The van der Waals surface area contributed by atoms with Crippen LogP contribution in [0.25, 0.3) is 0 Å². The number of nitrogens with one attached hydrogen (secondary N) is 3. The fourth-order valence-electron chi connectivity index (χ4n) is 3.06. The Hall–Kier alpha value is -2.76. The maximum atomic E-state index is 6.41. The summed E-state index contributed by atoms with van der Waals surface area (Å²) in [6, 6.07) is 19.4. The second kappa shape index (κ2) is 8.50. The molecule has 2 aromatic carbocycles. The molecule has 3 aromatic rings. The minimum atomic E-state index is -0.192. The highest BCUT2D eigenvalue weighted by Gasteiger charge is 2.24. The van der Waals surface area contributed by atoms with Crippen molar-refractivity contribution in [2.75, 3.05) is 23.7 Å². The highest BCUT2D eigenvalue weighted by molar-refractivity contribution is 6.35.